The zero-order chi connectivity index (χ0) is 26.8. The largest absolute Gasteiger partial charge is 0.490 e. The Labute approximate surface area is 232 Å². The van der Waals surface area contributed by atoms with Crippen molar-refractivity contribution in [3.05, 3.63) is 102 Å². The SMILES string of the molecule is COC(=O)c1ccccc1-c1ccc([C@@H]2[C@@H](c3ccccn3)NC(=S)N2c2ccc(OC3CCCC3)cc2)o1. The van der Waals surface area contributed by atoms with Crippen molar-refractivity contribution < 1.29 is 18.7 Å². The van der Waals surface area contributed by atoms with Crippen LogP contribution in [0.5, 0.6) is 5.75 Å². The van der Waals surface area contributed by atoms with Gasteiger partial charge in [0.15, 0.2) is 5.11 Å². The first-order valence-electron chi connectivity index (χ1n) is 13.2. The lowest BCUT2D eigenvalue weighted by Gasteiger charge is -2.26. The Morgan fingerprint density at radius 2 is 1.77 bits per heavy atom. The summed E-state index contributed by atoms with van der Waals surface area (Å²) in [7, 11) is 1.37. The number of methoxy groups -OCH3 is 1. The molecule has 39 heavy (non-hydrogen) atoms. The number of pyridine rings is 1. The highest BCUT2D eigenvalue weighted by Gasteiger charge is 2.42. The molecule has 3 heterocycles. The van der Waals surface area contributed by atoms with Crippen molar-refractivity contribution in [3.8, 4) is 17.1 Å². The molecule has 1 aliphatic heterocycles. The highest BCUT2D eigenvalue weighted by Crippen LogP contribution is 2.43. The van der Waals surface area contributed by atoms with Gasteiger partial charge in [0.1, 0.15) is 23.3 Å². The highest BCUT2D eigenvalue weighted by atomic mass is 32.1. The zero-order valence-corrected chi connectivity index (χ0v) is 22.4. The Morgan fingerprint density at radius 3 is 2.51 bits per heavy atom. The fourth-order valence-corrected chi connectivity index (χ4v) is 5.79. The normalized spacial score (nSPS) is 19.2. The average molecular weight is 540 g/mol. The first-order valence-corrected chi connectivity index (χ1v) is 13.6. The van der Waals surface area contributed by atoms with Gasteiger partial charge in [-0.2, -0.15) is 0 Å². The van der Waals surface area contributed by atoms with Crippen LogP contribution < -0.4 is 15.0 Å². The van der Waals surface area contributed by atoms with Gasteiger partial charge < -0.3 is 24.1 Å². The van der Waals surface area contributed by atoms with Crippen molar-refractivity contribution in [3.63, 3.8) is 0 Å². The third-order valence-corrected chi connectivity index (χ3v) is 7.65. The van der Waals surface area contributed by atoms with Gasteiger partial charge in [0, 0.05) is 17.4 Å². The summed E-state index contributed by atoms with van der Waals surface area (Å²) in [5.74, 6) is 1.71. The van der Waals surface area contributed by atoms with Crippen LogP contribution in [0.3, 0.4) is 0 Å². The molecule has 0 unspecified atom stereocenters. The molecule has 2 aromatic carbocycles. The molecule has 4 aromatic rings. The quantitative estimate of drug-likeness (QED) is 0.207. The number of hydrogen-bond donors (Lipinski definition) is 1. The monoisotopic (exact) mass is 539 g/mol. The summed E-state index contributed by atoms with van der Waals surface area (Å²) >= 11 is 5.85. The van der Waals surface area contributed by atoms with Gasteiger partial charge in [0.25, 0.3) is 0 Å². The Kier molecular flexibility index (Phi) is 7.02. The molecule has 1 saturated heterocycles. The van der Waals surface area contributed by atoms with E-state index in [1.165, 1.54) is 20.0 Å². The van der Waals surface area contributed by atoms with E-state index in [2.05, 4.69) is 15.2 Å². The predicted octanol–water partition coefficient (Wildman–Crippen LogP) is 6.63. The molecule has 2 aromatic heterocycles. The van der Waals surface area contributed by atoms with Gasteiger partial charge in [-0.25, -0.2) is 4.79 Å². The van der Waals surface area contributed by atoms with E-state index in [0.29, 0.717) is 33.9 Å². The average Bonchev–Trinajstić information content (AvgIpc) is 3.74. The van der Waals surface area contributed by atoms with Crippen molar-refractivity contribution in [2.45, 2.75) is 43.9 Å². The molecule has 1 saturated carbocycles. The summed E-state index contributed by atoms with van der Waals surface area (Å²) in [4.78, 5) is 19.1. The summed E-state index contributed by atoms with van der Waals surface area (Å²) in [6.45, 7) is 0. The fourth-order valence-electron chi connectivity index (χ4n) is 5.45. The number of thiocarbonyl (C=S) groups is 1. The third-order valence-electron chi connectivity index (χ3n) is 7.33. The van der Waals surface area contributed by atoms with Gasteiger partial charge in [-0.3, -0.25) is 4.98 Å². The molecule has 2 atom stereocenters. The molecular formula is C31H29N3O4S. The summed E-state index contributed by atoms with van der Waals surface area (Å²) in [6, 6.07) is 24.4. The zero-order valence-electron chi connectivity index (χ0n) is 21.6. The first kappa shape index (κ1) is 25.1. The number of furan rings is 1. The van der Waals surface area contributed by atoms with Crippen LogP contribution in [0.15, 0.2) is 89.5 Å². The fraction of sp³-hybridized carbons (Fsp3) is 0.258. The van der Waals surface area contributed by atoms with Crippen molar-refractivity contribution in [2.75, 3.05) is 12.0 Å². The number of ether oxygens (including phenoxy) is 2. The van der Waals surface area contributed by atoms with Crippen molar-refractivity contribution >= 4 is 29.0 Å². The number of nitrogens with one attached hydrogen (secondary N) is 1. The summed E-state index contributed by atoms with van der Waals surface area (Å²) in [5, 5.41) is 4.03. The maximum atomic E-state index is 12.4. The van der Waals surface area contributed by atoms with E-state index in [0.717, 1.165) is 30.0 Å². The van der Waals surface area contributed by atoms with E-state index in [1.54, 1.807) is 18.3 Å². The lowest BCUT2D eigenvalue weighted by Crippen LogP contribution is -2.29. The van der Waals surface area contributed by atoms with Crippen LogP contribution in [-0.2, 0) is 4.74 Å². The van der Waals surface area contributed by atoms with Gasteiger partial charge in [-0.05, 0) is 92.5 Å². The molecule has 7 nitrogen and oxygen atoms in total. The van der Waals surface area contributed by atoms with E-state index in [-0.39, 0.29) is 12.1 Å². The molecular weight excluding hydrogens is 510 g/mol. The van der Waals surface area contributed by atoms with Gasteiger partial charge in [-0.1, -0.05) is 24.3 Å². The van der Waals surface area contributed by atoms with E-state index >= 15 is 0 Å². The number of benzene rings is 2. The Bertz CT molecular complexity index is 1460. The molecule has 198 valence electrons. The Balaban J connectivity index is 1.37. The van der Waals surface area contributed by atoms with E-state index < -0.39 is 5.97 Å². The van der Waals surface area contributed by atoms with Gasteiger partial charge in [-0.15, -0.1) is 0 Å². The minimum Gasteiger partial charge on any atom is -0.490 e. The minimum absolute atomic E-state index is 0.247. The lowest BCUT2D eigenvalue weighted by molar-refractivity contribution is 0.0601. The van der Waals surface area contributed by atoms with Crippen LogP contribution in [0.4, 0.5) is 5.69 Å². The molecule has 0 spiro atoms. The van der Waals surface area contributed by atoms with E-state index in [4.69, 9.17) is 26.1 Å². The molecule has 2 fully saturated rings. The van der Waals surface area contributed by atoms with Crippen LogP contribution in [0.2, 0.25) is 0 Å². The maximum Gasteiger partial charge on any atom is 0.338 e. The number of carbonyl (C=O) groups excluding carboxylic acids is 1. The topological polar surface area (TPSA) is 76.8 Å². The number of carbonyl (C=O) groups is 1. The molecule has 2 aliphatic rings. The standard InChI is InChI=1S/C31H29N3O4S/c1-36-30(35)24-11-5-4-10-23(24)26-17-18-27(38-26)29-28(25-12-6-7-19-32-25)33-31(39)34(29)20-13-15-22(16-14-20)37-21-8-2-3-9-21/h4-7,10-19,21,28-29H,2-3,8-9H2,1H3,(H,33,39)/t28-,29-/m1/s1. The number of rotatable bonds is 7. The van der Waals surface area contributed by atoms with Crippen LogP contribution in [0, 0.1) is 0 Å². The number of esters is 1. The second-order valence-electron chi connectivity index (χ2n) is 9.75. The number of nitrogens with zero attached hydrogens (tertiary/aromatic N) is 2. The molecule has 1 N–H and O–H groups in total. The molecule has 6 rings (SSSR count). The lowest BCUT2D eigenvalue weighted by atomic mass is 10.0. The third kappa shape index (κ3) is 5.00. The molecule has 0 radical (unpaired) electrons. The van der Waals surface area contributed by atoms with E-state index in [1.807, 2.05) is 66.7 Å². The highest BCUT2D eigenvalue weighted by molar-refractivity contribution is 7.80. The minimum atomic E-state index is -0.417. The Morgan fingerprint density at radius 1 is 1.00 bits per heavy atom. The number of hydrogen-bond acceptors (Lipinski definition) is 6. The van der Waals surface area contributed by atoms with Crippen molar-refractivity contribution in [1.29, 1.82) is 0 Å². The van der Waals surface area contributed by atoms with Gasteiger partial charge in [0.2, 0.25) is 0 Å². The summed E-state index contributed by atoms with van der Waals surface area (Å²) in [6.07, 6.45) is 6.73. The summed E-state index contributed by atoms with van der Waals surface area (Å²) < 4.78 is 17.6. The van der Waals surface area contributed by atoms with Crippen molar-refractivity contribution in [2.24, 2.45) is 0 Å². The molecule has 1 aliphatic carbocycles. The molecule has 0 bridgehead atoms. The van der Waals surface area contributed by atoms with Crippen LogP contribution in [-0.4, -0.2) is 29.3 Å². The van der Waals surface area contributed by atoms with Crippen LogP contribution in [0.1, 0.15) is 59.6 Å². The molecule has 8 heteroatoms. The number of anilines is 1. The Hall–Kier alpha value is -4.17. The smallest absolute Gasteiger partial charge is 0.338 e. The number of aromatic nitrogens is 1. The predicted molar refractivity (Wildman–Crippen MR) is 153 cm³/mol. The summed E-state index contributed by atoms with van der Waals surface area (Å²) in [5.41, 5.74) is 2.87. The second-order valence-corrected chi connectivity index (χ2v) is 10.1. The molecule has 0 amide bonds. The second kappa shape index (κ2) is 10.9. The van der Waals surface area contributed by atoms with Gasteiger partial charge >= 0.3 is 5.97 Å². The first-order chi connectivity index (χ1) is 19.1. The van der Waals surface area contributed by atoms with Gasteiger partial charge in [0.05, 0.1) is 30.5 Å². The van der Waals surface area contributed by atoms with E-state index in [9.17, 15) is 4.79 Å². The van der Waals surface area contributed by atoms with Crippen LogP contribution >= 0.6 is 12.2 Å². The maximum absolute atomic E-state index is 12.4. The van der Waals surface area contributed by atoms with Crippen molar-refractivity contribution in [1.82, 2.24) is 10.3 Å². The van der Waals surface area contributed by atoms with Crippen LogP contribution in [0.25, 0.3) is 11.3 Å².